The van der Waals surface area contributed by atoms with Crippen LogP contribution in [-0.2, 0) is 9.47 Å². The van der Waals surface area contributed by atoms with Gasteiger partial charge in [0.25, 0.3) is 5.91 Å². The van der Waals surface area contributed by atoms with Gasteiger partial charge in [-0.1, -0.05) is 0 Å². The normalized spacial score (nSPS) is 12.1. The molecule has 1 rings (SSSR count). The predicted molar refractivity (Wildman–Crippen MR) is 63.1 cm³/mol. The van der Waals surface area contributed by atoms with Crippen LogP contribution < -0.4 is 5.32 Å². The van der Waals surface area contributed by atoms with Crippen molar-refractivity contribution in [3.63, 3.8) is 0 Å². The van der Waals surface area contributed by atoms with Crippen molar-refractivity contribution < 1.29 is 19.4 Å². The summed E-state index contributed by atoms with van der Waals surface area (Å²) in [6, 6.07) is 6.06. The summed E-state index contributed by atoms with van der Waals surface area (Å²) >= 11 is 0. The molecule has 1 atom stereocenters. The zero-order chi connectivity index (χ0) is 12.7. The molecule has 2 N–H and O–H groups in total. The van der Waals surface area contributed by atoms with Crippen LogP contribution in [0.1, 0.15) is 10.4 Å². The molecule has 0 fully saturated rings. The fourth-order valence-electron chi connectivity index (χ4n) is 1.32. The van der Waals surface area contributed by atoms with Crippen LogP contribution in [0.4, 0.5) is 0 Å². The van der Waals surface area contributed by atoms with E-state index in [4.69, 9.17) is 14.6 Å². The number of ether oxygens (including phenoxy) is 2. The molecular formula is C12H17NO4. The van der Waals surface area contributed by atoms with Crippen molar-refractivity contribution in [1.29, 1.82) is 0 Å². The Hall–Kier alpha value is -1.59. The molecule has 17 heavy (non-hydrogen) atoms. The molecule has 5 nitrogen and oxygen atoms in total. The standard InChI is InChI=1S/C12H17NO4/c1-16-8-11(17-2)7-13-12(15)9-3-5-10(14)6-4-9/h3-6,11,14H,7-8H2,1-2H3,(H,13,15). The molecule has 0 bridgehead atoms. The highest BCUT2D eigenvalue weighted by molar-refractivity contribution is 5.94. The van der Waals surface area contributed by atoms with E-state index >= 15 is 0 Å². The summed E-state index contributed by atoms with van der Waals surface area (Å²) in [5.41, 5.74) is 0.495. The maximum absolute atomic E-state index is 11.7. The zero-order valence-corrected chi connectivity index (χ0v) is 9.97. The fourth-order valence-corrected chi connectivity index (χ4v) is 1.32. The van der Waals surface area contributed by atoms with Crippen LogP contribution in [0.5, 0.6) is 5.75 Å². The summed E-state index contributed by atoms with van der Waals surface area (Å²) in [5, 5.41) is 11.8. The predicted octanol–water partition coefficient (Wildman–Crippen LogP) is 0.783. The van der Waals surface area contributed by atoms with E-state index in [1.807, 2.05) is 0 Å². The number of phenolic OH excluding ortho intramolecular Hbond substituents is 1. The van der Waals surface area contributed by atoms with E-state index < -0.39 is 0 Å². The maximum Gasteiger partial charge on any atom is 0.251 e. The van der Waals surface area contributed by atoms with Gasteiger partial charge in [-0.25, -0.2) is 0 Å². The van der Waals surface area contributed by atoms with Crippen molar-refractivity contribution in [2.75, 3.05) is 27.4 Å². The number of benzene rings is 1. The minimum atomic E-state index is -0.205. The smallest absolute Gasteiger partial charge is 0.251 e. The van der Waals surface area contributed by atoms with Gasteiger partial charge in [0.1, 0.15) is 5.75 Å². The highest BCUT2D eigenvalue weighted by Crippen LogP contribution is 2.09. The monoisotopic (exact) mass is 239 g/mol. The summed E-state index contributed by atoms with van der Waals surface area (Å²) in [6.45, 7) is 0.802. The van der Waals surface area contributed by atoms with Gasteiger partial charge >= 0.3 is 0 Å². The van der Waals surface area contributed by atoms with Crippen LogP contribution in [0.2, 0.25) is 0 Å². The van der Waals surface area contributed by atoms with Crippen LogP contribution in [0.25, 0.3) is 0 Å². The zero-order valence-electron chi connectivity index (χ0n) is 9.97. The van der Waals surface area contributed by atoms with Crippen LogP contribution in [-0.4, -0.2) is 44.5 Å². The van der Waals surface area contributed by atoms with E-state index in [1.165, 1.54) is 12.1 Å². The van der Waals surface area contributed by atoms with Crippen molar-refractivity contribution in [3.8, 4) is 5.75 Å². The lowest BCUT2D eigenvalue weighted by atomic mass is 10.2. The van der Waals surface area contributed by atoms with E-state index in [2.05, 4.69) is 5.32 Å². The Balaban J connectivity index is 2.46. The van der Waals surface area contributed by atoms with Gasteiger partial charge in [0, 0.05) is 26.3 Å². The van der Waals surface area contributed by atoms with E-state index in [-0.39, 0.29) is 17.8 Å². The molecule has 0 spiro atoms. The molecule has 1 unspecified atom stereocenters. The van der Waals surface area contributed by atoms with Gasteiger partial charge in [-0.15, -0.1) is 0 Å². The van der Waals surface area contributed by atoms with Crippen molar-refractivity contribution in [2.24, 2.45) is 0 Å². The lowest BCUT2D eigenvalue weighted by molar-refractivity contribution is 0.0285. The number of hydrogen-bond donors (Lipinski definition) is 2. The van der Waals surface area contributed by atoms with Crippen molar-refractivity contribution in [2.45, 2.75) is 6.10 Å². The lowest BCUT2D eigenvalue weighted by Gasteiger charge is -2.14. The molecule has 94 valence electrons. The van der Waals surface area contributed by atoms with E-state index in [9.17, 15) is 4.79 Å². The molecule has 1 aromatic rings. The van der Waals surface area contributed by atoms with Gasteiger partial charge in [0.2, 0.25) is 0 Å². The third kappa shape index (κ3) is 4.42. The summed E-state index contributed by atoms with van der Waals surface area (Å²) < 4.78 is 10.1. The molecule has 1 aromatic carbocycles. The molecule has 0 heterocycles. The van der Waals surface area contributed by atoms with Crippen molar-refractivity contribution >= 4 is 5.91 Å². The first-order valence-electron chi connectivity index (χ1n) is 5.26. The fraction of sp³-hybridized carbons (Fsp3) is 0.417. The van der Waals surface area contributed by atoms with Crippen molar-refractivity contribution in [3.05, 3.63) is 29.8 Å². The first-order valence-corrected chi connectivity index (χ1v) is 5.26. The van der Waals surface area contributed by atoms with Gasteiger partial charge in [0.15, 0.2) is 0 Å². The van der Waals surface area contributed by atoms with Gasteiger partial charge in [-0.05, 0) is 24.3 Å². The third-order valence-corrected chi connectivity index (χ3v) is 2.31. The maximum atomic E-state index is 11.7. The number of hydrogen-bond acceptors (Lipinski definition) is 4. The molecule has 1 amide bonds. The average molecular weight is 239 g/mol. The minimum Gasteiger partial charge on any atom is -0.508 e. The van der Waals surface area contributed by atoms with Crippen LogP contribution in [0.15, 0.2) is 24.3 Å². The second kappa shape index (κ2) is 6.88. The number of methoxy groups -OCH3 is 2. The first-order chi connectivity index (χ1) is 8.17. The summed E-state index contributed by atoms with van der Waals surface area (Å²) in [5.74, 6) is -0.0705. The molecular weight excluding hydrogens is 222 g/mol. The number of carbonyl (C=O) groups is 1. The average Bonchev–Trinajstić information content (AvgIpc) is 2.35. The number of nitrogens with one attached hydrogen (secondary N) is 1. The largest absolute Gasteiger partial charge is 0.508 e. The van der Waals surface area contributed by atoms with Gasteiger partial charge in [-0.3, -0.25) is 4.79 Å². The lowest BCUT2D eigenvalue weighted by Crippen LogP contribution is -2.35. The first kappa shape index (κ1) is 13.5. The summed E-state index contributed by atoms with van der Waals surface area (Å²) in [7, 11) is 3.14. The topological polar surface area (TPSA) is 67.8 Å². The Morgan fingerprint density at radius 3 is 2.53 bits per heavy atom. The highest BCUT2D eigenvalue weighted by atomic mass is 16.5. The van der Waals surface area contributed by atoms with E-state index in [1.54, 1.807) is 26.4 Å². The van der Waals surface area contributed by atoms with E-state index in [0.29, 0.717) is 18.7 Å². The molecule has 5 heteroatoms. The molecule has 0 aliphatic heterocycles. The number of amides is 1. The van der Waals surface area contributed by atoms with Gasteiger partial charge < -0.3 is 19.9 Å². The van der Waals surface area contributed by atoms with Crippen LogP contribution in [0.3, 0.4) is 0 Å². The molecule has 0 aromatic heterocycles. The Bertz CT molecular complexity index is 350. The summed E-state index contributed by atoms with van der Waals surface area (Å²) in [4.78, 5) is 11.7. The van der Waals surface area contributed by atoms with Crippen LogP contribution in [0, 0.1) is 0 Å². The van der Waals surface area contributed by atoms with Crippen LogP contribution >= 0.6 is 0 Å². The number of aromatic hydroxyl groups is 1. The highest BCUT2D eigenvalue weighted by Gasteiger charge is 2.10. The van der Waals surface area contributed by atoms with E-state index in [0.717, 1.165) is 0 Å². The Kier molecular flexibility index (Phi) is 5.45. The molecule has 0 aliphatic rings. The Morgan fingerprint density at radius 1 is 1.35 bits per heavy atom. The van der Waals surface area contributed by atoms with Crippen molar-refractivity contribution in [1.82, 2.24) is 5.32 Å². The quantitative estimate of drug-likeness (QED) is 0.770. The molecule has 0 radical (unpaired) electrons. The molecule has 0 saturated carbocycles. The second-order valence-corrected chi connectivity index (χ2v) is 3.57. The Morgan fingerprint density at radius 2 is 2.00 bits per heavy atom. The molecule has 0 aliphatic carbocycles. The second-order valence-electron chi connectivity index (χ2n) is 3.57. The number of rotatable bonds is 6. The molecule has 0 saturated heterocycles. The summed E-state index contributed by atoms with van der Waals surface area (Å²) in [6.07, 6.45) is -0.166. The third-order valence-electron chi connectivity index (χ3n) is 2.31. The van der Waals surface area contributed by atoms with Gasteiger partial charge in [-0.2, -0.15) is 0 Å². The number of carbonyl (C=O) groups excluding carboxylic acids is 1. The number of phenols is 1. The minimum absolute atomic E-state index is 0.135. The SMILES string of the molecule is COCC(CNC(=O)c1ccc(O)cc1)OC. The Labute approximate surface area is 100 Å². The van der Waals surface area contributed by atoms with Gasteiger partial charge in [0.05, 0.1) is 12.7 Å².